The molecule has 7 heteroatoms. The average Bonchev–Trinajstić information content (AvgIpc) is 3.26. The smallest absolute Gasteiger partial charge is 0.229 e. The fraction of sp³-hybridized carbons (Fsp3) is 0.320. The van der Waals surface area contributed by atoms with Crippen LogP contribution in [0.15, 0.2) is 60.9 Å². The van der Waals surface area contributed by atoms with Crippen molar-refractivity contribution in [1.82, 2.24) is 20.2 Å². The molecular weight excluding hydrogens is 398 g/mol. The molecule has 5 rings (SSSR count). The van der Waals surface area contributed by atoms with Gasteiger partial charge < -0.3 is 15.1 Å². The Hall–Kier alpha value is -3.61. The van der Waals surface area contributed by atoms with Gasteiger partial charge in [0.2, 0.25) is 5.95 Å². The lowest BCUT2D eigenvalue weighted by Gasteiger charge is -2.42. The average molecular weight is 428 g/mol. The molecule has 1 aliphatic rings. The van der Waals surface area contributed by atoms with Crippen molar-refractivity contribution in [2.45, 2.75) is 33.2 Å². The minimum atomic E-state index is 0.339. The van der Waals surface area contributed by atoms with Gasteiger partial charge in [-0.15, -0.1) is 0 Å². The van der Waals surface area contributed by atoms with E-state index in [0.717, 1.165) is 47.6 Å². The first-order valence-corrected chi connectivity index (χ1v) is 11.2. The number of aromatic nitrogens is 4. The summed E-state index contributed by atoms with van der Waals surface area (Å²) in [5.74, 6) is 2.22. The molecule has 164 valence electrons. The van der Waals surface area contributed by atoms with E-state index in [-0.39, 0.29) is 0 Å². The molecule has 2 aromatic carbocycles. The minimum absolute atomic E-state index is 0.339. The Morgan fingerprint density at radius 2 is 1.97 bits per heavy atom. The Balaban J connectivity index is 1.51. The van der Waals surface area contributed by atoms with Gasteiger partial charge in [-0.2, -0.15) is 10.1 Å². The maximum Gasteiger partial charge on any atom is 0.229 e. The standard InChI is InChI=1S/C25H29N7/c1-17(2)11-12-31-18(3)16-32(21-7-5-4-6-8-21)23-15-26-25(29-24(23)31)28-20-9-10-22-19(13-20)14-27-30-22/h4-10,13-15,17-18H,11-12,16H2,1-3H3,(H,27,30)(H,26,28,29). The predicted molar refractivity (Wildman–Crippen MR) is 131 cm³/mol. The molecule has 0 radical (unpaired) electrons. The van der Waals surface area contributed by atoms with Gasteiger partial charge in [-0.3, -0.25) is 5.10 Å². The number of H-pyrrole nitrogens is 1. The number of hydrogen-bond acceptors (Lipinski definition) is 6. The SMILES string of the molecule is CC(C)CCN1c2nc(Nc3ccc4[nH]ncc4c3)ncc2N(c2ccccc2)CC1C. The molecule has 0 spiro atoms. The molecule has 7 nitrogen and oxygen atoms in total. The van der Waals surface area contributed by atoms with E-state index in [1.165, 1.54) is 5.69 Å². The van der Waals surface area contributed by atoms with Gasteiger partial charge in [0.15, 0.2) is 5.82 Å². The highest BCUT2D eigenvalue weighted by atomic mass is 15.3. The molecule has 2 aromatic heterocycles. The van der Waals surface area contributed by atoms with Crippen LogP contribution in [-0.2, 0) is 0 Å². The lowest BCUT2D eigenvalue weighted by molar-refractivity contribution is 0.528. The second-order valence-electron chi connectivity index (χ2n) is 8.87. The second kappa shape index (κ2) is 8.49. The maximum atomic E-state index is 5.00. The number of fused-ring (bicyclic) bond motifs is 2. The van der Waals surface area contributed by atoms with Crippen molar-refractivity contribution in [3.63, 3.8) is 0 Å². The first kappa shape index (κ1) is 20.3. The van der Waals surface area contributed by atoms with Gasteiger partial charge in [0.25, 0.3) is 0 Å². The van der Waals surface area contributed by atoms with Crippen molar-refractivity contribution in [3.05, 3.63) is 60.9 Å². The second-order valence-corrected chi connectivity index (χ2v) is 8.87. The number of nitrogens with zero attached hydrogens (tertiary/aromatic N) is 5. The number of aromatic amines is 1. The lowest BCUT2D eigenvalue weighted by Crippen LogP contribution is -2.47. The summed E-state index contributed by atoms with van der Waals surface area (Å²) in [5, 5.41) is 11.5. The van der Waals surface area contributed by atoms with E-state index < -0.39 is 0 Å². The van der Waals surface area contributed by atoms with Crippen molar-refractivity contribution < 1.29 is 0 Å². The summed E-state index contributed by atoms with van der Waals surface area (Å²) in [7, 11) is 0. The summed E-state index contributed by atoms with van der Waals surface area (Å²) in [6.07, 6.45) is 4.89. The van der Waals surface area contributed by atoms with E-state index in [4.69, 9.17) is 4.98 Å². The highest BCUT2D eigenvalue weighted by Gasteiger charge is 2.31. The van der Waals surface area contributed by atoms with Crippen molar-refractivity contribution >= 4 is 39.7 Å². The number of hydrogen-bond donors (Lipinski definition) is 2. The summed E-state index contributed by atoms with van der Waals surface area (Å²) < 4.78 is 0. The van der Waals surface area contributed by atoms with Crippen molar-refractivity contribution in [1.29, 1.82) is 0 Å². The van der Waals surface area contributed by atoms with Crippen LogP contribution in [0.4, 0.5) is 28.8 Å². The summed E-state index contributed by atoms with van der Waals surface area (Å²) >= 11 is 0. The van der Waals surface area contributed by atoms with E-state index in [9.17, 15) is 0 Å². The van der Waals surface area contributed by atoms with Crippen LogP contribution in [0.2, 0.25) is 0 Å². The molecule has 0 saturated heterocycles. The molecule has 32 heavy (non-hydrogen) atoms. The predicted octanol–water partition coefficient (Wildman–Crippen LogP) is 5.49. The Morgan fingerprint density at radius 1 is 1.12 bits per heavy atom. The van der Waals surface area contributed by atoms with Crippen LogP contribution in [0, 0.1) is 5.92 Å². The molecular formula is C25H29N7. The minimum Gasteiger partial charge on any atom is -0.350 e. The van der Waals surface area contributed by atoms with Crippen molar-refractivity contribution in [2.24, 2.45) is 5.92 Å². The molecule has 0 amide bonds. The van der Waals surface area contributed by atoms with Crippen LogP contribution in [-0.4, -0.2) is 39.3 Å². The Bertz CT molecular complexity index is 1200. The molecule has 0 aliphatic carbocycles. The first-order valence-electron chi connectivity index (χ1n) is 11.2. The van der Waals surface area contributed by atoms with E-state index in [2.05, 4.69) is 81.4 Å². The number of para-hydroxylation sites is 1. The molecule has 0 saturated carbocycles. The summed E-state index contributed by atoms with van der Waals surface area (Å²) in [6, 6.07) is 16.9. The summed E-state index contributed by atoms with van der Waals surface area (Å²) in [6.45, 7) is 8.70. The number of nitrogens with one attached hydrogen (secondary N) is 2. The Morgan fingerprint density at radius 3 is 2.78 bits per heavy atom. The van der Waals surface area contributed by atoms with Crippen LogP contribution in [0.5, 0.6) is 0 Å². The largest absolute Gasteiger partial charge is 0.350 e. The van der Waals surface area contributed by atoms with Gasteiger partial charge in [0.1, 0.15) is 5.69 Å². The molecule has 0 fully saturated rings. The number of anilines is 5. The van der Waals surface area contributed by atoms with Crippen molar-refractivity contribution in [2.75, 3.05) is 28.2 Å². The lowest BCUT2D eigenvalue weighted by atomic mass is 10.1. The highest BCUT2D eigenvalue weighted by molar-refractivity contribution is 5.83. The zero-order chi connectivity index (χ0) is 22.1. The Labute approximate surface area is 188 Å². The molecule has 2 N–H and O–H groups in total. The van der Waals surface area contributed by atoms with Gasteiger partial charge in [0.05, 0.1) is 17.9 Å². The first-order chi connectivity index (χ1) is 15.6. The third-order valence-electron chi connectivity index (χ3n) is 6.00. The highest BCUT2D eigenvalue weighted by Crippen LogP contribution is 2.39. The molecule has 1 aliphatic heterocycles. The maximum absolute atomic E-state index is 5.00. The van der Waals surface area contributed by atoms with E-state index in [1.54, 1.807) is 0 Å². The number of rotatable bonds is 6. The molecule has 1 atom stereocenters. The van der Waals surface area contributed by atoms with Crippen LogP contribution in [0.3, 0.4) is 0 Å². The zero-order valence-electron chi connectivity index (χ0n) is 18.8. The van der Waals surface area contributed by atoms with Crippen LogP contribution in [0.1, 0.15) is 27.2 Å². The van der Waals surface area contributed by atoms with Crippen LogP contribution < -0.4 is 15.1 Å². The topological polar surface area (TPSA) is 73.0 Å². The molecule has 3 heterocycles. The third kappa shape index (κ3) is 3.98. The summed E-state index contributed by atoms with van der Waals surface area (Å²) in [5.41, 5.74) is 4.16. The van der Waals surface area contributed by atoms with E-state index in [0.29, 0.717) is 17.9 Å². The summed E-state index contributed by atoms with van der Waals surface area (Å²) in [4.78, 5) is 14.4. The van der Waals surface area contributed by atoms with Gasteiger partial charge in [-0.05, 0) is 49.6 Å². The zero-order valence-corrected chi connectivity index (χ0v) is 18.8. The van der Waals surface area contributed by atoms with Crippen LogP contribution >= 0.6 is 0 Å². The molecule has 1 unspecified atom stereocenters. The third-order valence-corrected chi connectivity index (χ3v) is 6.00. The van der Waals surface area contributed by atoms with Crippen molar-refractivity contribution in [3.8, 4) is 0 Å². The van der Waals surface area contributed by atoms with Gasteiger partial charge in [-0.25, -0.2) is 4.98 Å². The van der Waals surface area contributed by atoms with E-state index >= 15 is 0 Å². The monoisotopic (exact) mass is 427 g/mol. The van der Waals surface area contributed by atoms with Gasteiger partial charge in [-0.1, -0.05) is 32.0 Å². The molecule has 0 bridgehead atoms. The Kier molecular flexibility index (Phi) is 5.39. The van der Waals surface area contributed by atoms with Crippen LogP contribution in [0.25, 0.3) is 10.9 Å². The fourth-order valence-corrected chi connectivity index (χ4v) is 4.22. The van der Waals surface area contributed by atoms with Gasteiger partial charge in [0, 0.05) is 35.9 Å². The normalized spacial score (nSPS) is 15.9. The van der Waals surface area contributed by atoms with Gasteiger partial charge >= 0.3 is 0 Å². The quantitative estimate of drug-likeness (QED) is 0.424. The number of benzene rings is 2. The molecule has 4 aromatic rings. The van der Waals surface area contributed by atoms with E-state index in [1.807, 2.05) is 30.6 Å². The fourth-order valence-electron chi connectivity index (χ4n) is 4.22.